The van der Waals surface area contributed by atoms with Crippen LogP contribution in [-0.4, -0.2) is 87.3 Å². The maximum atomic E-state index is 13.7. The Kier molecular flexibility index (Phi) is 12.1. The number of guanidine groups is 1. The number of hydrogen-bond acceptors (Lipinski definition) is 8. The molecule has 13 N–H and O–H groups in total. The van der Waals surface area contributed by atoms with Crippen molar-refractivity contribution in [2.75, 3.05) is 13.2 Å². The summed E-state index contributed by atoms with van der Waals surface area (Å²) in [6.45, 7) is -0.736. The molecule has 44 heavy (non-hydrogen) atoms. The van der Waals surface area contributed by atoms with Crippen molar-refractivity contribution >= 4 is 40.6 Å². The molecule has 0 saturated heterocycles. The Morgan fingerprint density at radius 1 is 0.864 bits per heavy atom. The van der Waals surface area contributed by atoms with Crippen LogP contribution in [0, 0.1) is 0 Å². The summed E-state index contributed by atoms with van der Waals surface area (Å²) in [6.07, 6.45) is 2.13. The minimum absolute atomic E-state index is 0.0141. The van der Waals surface area contributed by atoms with Gasteiger partial charge in [-0.15, -0.1) is 0 Å². The number of aromatic amines is 1. The zero-order valence-electron chi connectivity index (χ0n) is 23.9. The first-order valence-corrected chi connectivity index (χ1v) is 13.9. The number of carboxylic acid groups (broad SMARTS) is 1. The predicted octanol–water partition coefficient (Wildman–Crippen LogP) is -1.43. The zero-order valence-corrected chi connectivity index (χ0v) is 23.9. The van der Waals surface area contributed by atoms with Gasteiger partial charge in [0.15, 0.2) is 5.96 Å². The molecule has 1 heterocycles. The van der Waals surface area contributed by atoms with Crippen LogP contribution in [0.2, 0.25) is 0 Å². The Bertz CT molecular complexity index is 1470. The average Bonchev–Trinajstić information content (AvgIpc) is 3.40. The van der Waals surface area contributed by atoms with Crippen molar-refractivity contribution in [3.05, 3.63) is 65.9 Å². The number of phenols is 1. The molecule has 0 radical (unpaired) electrons. The molecule has 15 nitrogen and oxygen atoms in total. The lowest BCUT2D eigenvalue weighted by atomic mass is 10.0. The summed E-state index contributed by atoms with van der Waals surface area (Å²) in [5.74, 6) is -3.76. The number of carboxylic acids is 1. The number of benzene rings is 2. The Hall–Kier alpha value is -5.15. The quantitative estimate of drug-likeness (QED) is 0.0513. The van der Waals surface area contributed by atoms with Crippen molar-refractivity contribution < 1.29 is 34.5 Å². The van der Waals surface area contributed by atoms with E-state index in [2.05, 4.69) is 25.9 Å². The Balaban J connectivity index is 1.83. The number of para-hydroxylation sites is 1. The smallest absolute Gasteiger partial charge is 0.328 e. The largest absolute Gasteiger partial charge is 0.508 e. The van der Waals surface area contributed by atoms with Crippen LogP contribution in [-0.2, 0) is 32.0 Å². The number of carbonyl (C=O) groups excluding carboxylic acids is 3. The summed E-state index contributed by atoms with van der Waals surface area (Å²) >= 11 is 0. The molecule has 0 aliphatic rings. The van der Waals surface area contributed by atoms with Gasteiger partial charge in [0.25, 0.3) is 0 Å². The van der Waals surface area contributed by atoms with Gasteiger partial charge in [0.05, 0.1) is 12.6 Å². The lowest BCUT2D eigenvalue weighted by molar-refractivity contribution is -0.143. The second-order valence-corrected chi connectivity index (χ2v) is 10.2. The van der Waals surface area contributed by atoms with Gasteiger partial charge in [-0.3, -0.25) is 19.4 Å². The van der Waals surface area contributed by atoms with Gasteiger partial charge in [-0.25, -0.2) is 4.79 Å². The van der Waals surface area contributed by atoms with Crippen molar-refractivity contribution in [3.8, 4) is 5.75 Å². The highest BCUT2D eigenvalue weighted by Gasteiger charge is 2.30. The molecule has 4 unspecified atom stereocenters. The number of aromatic hydroxyl groups is 1. The highest BCUT2D eigenvalue weighted by atomic mass is 16.4. The van der Waals surface area contributed by atoms with Crippen LogP contribution in [0.15, 0.2) is 59.7 Å². The topological polar surface area (TPSA) is 271 Å². The first-order chi connectivity index (χ1) is 21.0. The predicted molar refractivity (Wildman–Crippen MR) is 162 cm³/mol. The van der Waals surface area contributed by atoms with Gasteiger partial charge in [-0.05, 0) is 48.6 Å². The molecule has 0 aliphatic carbocycles. The fourth-order valence-corrected chi connectivity index (χ4v) is 4.49. The summed E-state index contributed by atoms with van der Waals surface area (Å²) in [5.41, 5.74) is 19.1. The van der Waals surface area contributed by atoms with Gasteiger partial charge in [-0.1, -0.05) is 30.3 Å². The monoisotopic (exact) mass is 610 g/mol. The Morgan fingerprint density at radius 2 is 1.50 bits per heavy atom. The average molecular weight is 611 g/mol. The molecule has 15 heteroatoms. The summed E-state index contributed by atoms with van der Waals surface area (Å²) in [7, 11) is 0. The maximum absolute atomic E-state index is 13.7. The first-order valence-electron chi connectivity index (χ1n) is 13.9. The van der Waals surface area contributed by atoms with E-state index in [1.165, 1.54) is 12.1 Å². The second-order valence-electron chi connectivity index (χ2n) is 10.2. The van der Waals surface area contributed by atoms with E-state index in [1.807, 2.05) is 24.3 Å². The van der Waals surface area contributed by atoms with Gasteiger partial charge in [0, 0.05) is 30.1 Å². The summed E-state index contributed by atoms with van der Waals surface area (Å²) < 4.78 is 0. The summed E-state index contributed by atoms with van der Waals surface area (Å²) in [6, 6.07) is 8.50. The van der Waals surface area contributed by atoms with Gasteiger partial charge in [-0.2, -0.15) is 0 Å². The van der Waals surface area contributed by atoms with Gasteiger partial charge in [0.1, 0.15) is 23.9 Å². The van der Waals surface area contributed by atoms with Crippen LogP contribution in [0.5, 0.6) is 5.75 Å². The first kappa shape index (κ1) is 33.4. The SMILES string of the molecule is NC(N)=NCCCC(NC(=O)C(Cc1c[nH]c2ccccc12)NC(=O)C(N)Cc1ccc(O)cc1)C(=O)NC(CO)C(=O)O. The fraction of sp³-hybridized carbons (Fsp3) is 0.345. The van der Waals surface area contributed by atoms with Crippen LogP contribution < -0.4 is 33.2 Å². The third kappa shape index (κ3) is 9.71. The molecule has 1 aromatic heterocycles. The molecule has 236 valence electrons. The number of nitrogens with two attached hydrogens (primary N) is 3. The number of H-pyrrole nitrogens is 1. The van der Waals surface area contributed by atoms with Crippen LogP contribution in [0.25, 0.3) is 10.9 Å². The van der Waals surface area contributed by atoms with Gasteiger partial charge in [0.2, 0.25) is 17.7 Å². The number of aliphatic imine (C=N–C) groups is 1. The van der Waals surface area contributed by atoms with Crippen LogP contribution >= 0.6 is 0 Å². The number of fused-ring (bicyclic) bond motifs is 1. The van der Waals surface area contributed by atoms with Crippen LogP contribution in [0.4, 0.5) is 0 Å². The normalized spacial score (nSPS) is 13.7. The zero-order chi connectivity index (χ0) is 32.2. The summed E-state index contributed by atoms with van der Waals surface area (Å²) in [4.78, 5) is 58.3. The third-order valence-electron chi connectivity index (χ3n) is 6.84. The van der Waals surface area contributed by atoms with E-state index >= 15 is 0 Å². The van der Waals surface area contributed by atoms with E-state index < -0.39 is 54.5 Å². The molecule has 0 saturated carbocycles. The summed E-state index contributed by atoms with van der Waals surface area (Å²) in [5, 5.41) is 36.5. The van der Waals surface area contributed by atoms with E-state index in [4.69, 9.17) is 17.2 Å². The number of aliphatic hydroxyl groups is 1. The van der Waals surface area contributed by atoms with Crippen molar-refractivity contribution in [2.24, 2.45) is 22.2 Å². The van der Waals surface area contributed by atoms with Crippen LogP contribution in [0.3, 0.4) is 0 Å². The molecule has 3 amide bonds. The molecule has 0 fully saturated rings. The van der Waals surface area contributed by atoms with E-state index in [-0.39, 0.29) is 43.9 Å². The number of aromatic nitrogens is 1. The van der Waals surface area contributed by atoms with E-state index in [9.17, 15) is 34.5 Å². The standard InChI is InChI=1S/C29H38N8O7/c30-20(12-16-7-9-18(39)10-8-16)25(40)36-23(13-17-14-34-21-5-2-1-4-19(17)21)27(42)35-22(6-3-11-33-29(31)32)26(41)37-24(15-38)28(43)44/h1-2,4-5,7-10,14,20,22-24,34,38-39H,3,6,11-13,15,30H2,(H,35,42)(H,36,40)(H,37,41)(H,43,44)(H4,31,32,33). The number of hydrogen-bond donors (Lipinski definition) is 10. The number of nitrogens with zero attached hydrogens (tertiary/aromatic N) is 1. The fourth-order valence-electron chi connectivity index (χ4n) is 4.49. The molecule has 0 spiro atoms. The molecule has 3 rings (SSSR count). The number of carbonyl (C=O) groups is 4. The third-order valence-corrected chi connectivity index (χ3v) is 6.84. The minimum Gasteiger partial charge on any atom is -0.508 e. The molecule has 0 bridgehead atoms. The lowest BCUT2D eigenvalue weighted by Crippen LogP contribution is -2.58. The number of rotatable bonds is 16. The number of amides is 3. The van der Waals surface area contributed by atoms with Gasteiger partial charge < -0.3 is 53.5 Å². The number of aliphatic hydroxyl groups excluding tert-OH is 1. The van der Waals surface area contributed by atoms with E-state index in [0.717, 1.165) is 10.9 Å². The van der Waals surface area contributed by atoms with Crippen molar-refractivity contribution in [2.45, 2.75) is 49.9 Å². The number of nitrogens with one attached hydrogen (secondary N) is 4. The highest BCUT2D eigenvalue weighted by molar-refractivity contribution is 5.95. The molecular formula is C29H38N8O7. The molecule has 2 aromatic carbocycles. The number of phenolic OH excluding ortho intramolecular Hbond substituents is 1. The van der Waals surface area contributed by atoms with Crippen molar-refractivity contribution in [1.29, 1.82) is 0 Å². The van der Waals surface area contributed by atoms with E-state index in [1.54, 1.807) is 18.3 Å². The number of aliphatic carboxylic acids is 1. The molecular weight excluding hydrogens is 572 g/mol. The van der Waals surface area contributed by atoms with Crippen molar-refractivity contribution in [3.63, 3.8) is 0 Å². The molecule has 4 atom stereocenters. The second kappa shape index (κ2) is 15.9. The van der Waals surface area contributed by atoms with Crippen LogP contribution in [0.1, 0.15) is 24.0 Å². The lowest BCUT2D eigenvalue weighted by Gasteiger charge is -2.25. The molecule has 3 aromatic rings. The minimum atomic E-state index is -1.60. The van der Waals surface area contributed by atoms with Gasteiger partial charge >= 0.3 is 5.97 Å². The van der Waals surface area contributed by atoms with E-state index in [0.29, 0.717) is 11.1 Å². The Morgan fingerprint density at radius 3 is 2.16 bits per heavy atom. The molecule has 0 aliphatic heterocycles. The highest BCUT2D eigenvalue weighted by Crippen LogP contribution is 2.19. The van der Waals surface area contributed by atoms with Crippen molar-refractivity contribution in [1.82, 2.24) is 20.9 Å². The maximum Gasteiger partial charge on any atom is 0.328 e. The Labute approximate surface area is 252 Å².